The molecule has 0 amide bonds. The number of benzene rings is 2. The molecule has 0 atom stereocenters. The molecule has 0 fully saturated rings. The van der Waals surface area contributed by atoms with Gasteiger partial charge in [0.15, 0.2) is 0 Å². The van der Waals surface area contributed by atoms with Gasteiger partial charge in [-0.1, -0.05) is 48.5 Å². The molecule has 2 rings (SSSR count). The van der Waals surface area contributed by atoms with E-state index in [0.29, 0.717) is 26.3 Å². The molecule has 2 aromatic rings. The highest BCUT2D eigenvalue weighted by atomic mass is 16.7. The van der Waals surface area contributed by atoms with E-state index in [-0.39, 0.29) is 13.2 Å². The van der Waals surface area contributed by atoms with Gasteiger partial charge < -0.3 is 14.9 Å². The van der Waals surface area contributed by atoms with Gasteiger partial charge in [0.25, 0.3) is 0 Å². The summed E-state index contributed by atoms with van der Waals surface area (Å²) in [6, 6.07) is 17.9. The average molecular weight is 317 g/mol. The Bertz CT molecular complexity index is 556. The first-order chi connectivity index (χ1) is 11.3. The van der Waals surface area contributed by atoms with Gasteiger partial charge in [-0.3, -0.25) is 4.84 Å². The zero-order chi connectivity index (χ0) is 16.3. The third-order valence-corrected chi connectivity index (χ3v) is 3.29. The van der Waals surface area contributed by atoms with Crippen LogP contribution in [-0.2, 0) is 4.84 Å². The predicted octanol–water partition coefficient (Wildman–Crippen LogP) is 1.95. The lowest BCUT2D eigenvalue weighted by atomic mass is 10.1. The molecule has 0 saturated heterocycles. The lowest BCUT2D eigenvalue weighted by molar-refractivity contribution is -0.173. The van der Waals surface area contributed by atoms with Crippen molar-refractivity contribution in [3.8, 4) is 16.9 Å². The summed E-state index contributed by atoms with van der Waals surface area (Å²) in [6.07, 6.45) is 0. The van der Waals surface area contributed by atoms with E-state index in [2.05, 4.69) is 0 Å². The van der Waals surface area contributed by atoms with Crippen LogP contribution in [0.15, 0.2) is 54.6 Å². The van der Waals surface area contributed by atoms with Gasteiger partial charge in [-0.25, -0.2) is 0 Å². The van der Waals surface area contributed by atoms with Gasteiger partial charge in [-0.15, -0.1) is 0 Å². The van der Waals surface area contributed by atoms with Crippen molar-refractivity contribution in [2.75, 3.05) is 39.5 Å². The monoisotopic (exact) mass is 317 g/mol. The topological polar surface area (TPSA) is 62.2 Å². The molecule has 0 unspecified atom stereocenters. The Morgan fingerprint density at radius 1 is 0.783 bits per heavy atom. The molecule has 0 aromatic heterocycles. The molecule has 0 heterocycles. The molecule has 23 heavy (non-hydrogen) atoms. The van der Waals surface area contributed by atoms with Crippen LogP contribution >= 0.6 is 0 Å². The number of ether oxygens (including phenoxy) is 1. The fraction of sp³-hybridized carbons (Fsp3) is 0.333. The van der Waals surface area contributed by atoms with Gasteiger partial charge in [0.05, 0.1) is 13.2 Å². The largest absolute Gasteiger partial charge is 0.490 e. The van der Waals surface area contributed by atoms with Crippen molar-refractivity contribution >= 4 is 0 Å². The first kappa shape index (κ1) is 17.4. The number of aliphatic hydroxyl groups is 2. The summed E-state index contributed by atoms with van der Waals surface area (Å²) in [4.78, 5) is 5.48. The standard InChI is InChI=1S/C18H23NO4/c20-12-10-19(11-13-21)23-15-14-22-18-9-5-4-8-17(18)16-6-2-1-3-7-16/h1-9,20-21H,10-15H2. The third-order valence-electron chi connectivity index (χ3n) is 3.29. The van der Waals surface area contributed by atoms with Gasteiger partial charge in [0.2, 0.25) is 0 Å². The summed E-state index contributed by atoms with van der Waals surface area (Å²) < 4.78 is 5.82. The van der Waals surface area contributed by atoms with Crippen LogP contribution in [0.4, 0.5) is 0 Å². The van der Waals surface area contributed by atoms with Crippen molar-refractivity contribution in [1.82, 2.24) is 5.06 Å². The SMILES string of the molecule is OCCN(CCO)OCCOc1ccccc1-c1ccccc1. The highest BCUT2D eigenvalue weighted by molar-refractivity contribution is 5.70. The van der Waals surface area contributed by atoms with E-state index < -0.39 is 0 Å². The third kappa shape index (κ3) is 5.65. The van der Waals surface area contributed by atoms with Gasteiger partial charge in [-0.05, 0) is 11.6 Å². The fourth-order valence-electron chi connectivity index (χ4n) is 2.23. The molecular weight excluding hydrogens is 294 g/mol. The number of aliphatic hydroxyl groups excluding tert-OH is 2. The maximum atomic E-state index is 8.93. The summed E-state index contributed by atoms with van der Waals surface area (Å²) in [5, 5.41) is 19.4. The first-order valence-corrected chi connectivity index (χ1v) is 7.72. The Morgan fingerprint density at radius 3 is 2.13 bits per heavy atom. The Balaban J connectivity index is 1.89. The molecule has 0 radical (unpaired) electrons. The number of hydrogen-bond donors (Lipinski definition) is 2. The van der Waals surface area contributed by atoms with E-state index in [1.54, 1.807) is 0 Å². The molecule has 0 aliphatic heterocycles. The number of para-hydroxylation sites is 1. The maximum absolute atomic E-state index is 8.93. The van der Waals surface area contributed by atoms with E-state index in [4.69, 9.17) is 19.8 Å². The number of nitrogens with zero attached hydrogens (tertiary/aromatic N) is 1. The van der Waals surface area contributed by atoms with Crippen LogP contribution in [0.3, 0.4) is 0 Å². The van der Waals surface area contributed by atoms with E-state index in [1.165, 1.54) is 5.06 Å². The number of hydroxylamine groups is 2. The van der Waals surface area contributed by atoms with Crippen LogP contribution in [-0.4, -0.2) is 54.8 Å². The van der Waals surface area contributed by atoms with Crippen molar-refractivity contribution in [3.63, 3.8) is 0 Å². The molecule has 0 bridgehead atoms. The van der Waals surface area contributed by atoms with Crippen LogP contribution in [0, 0.1) is 0 Å². The van der Waals surface area contributed by atoms with Crippen molar-refractivity contribution in [2.24, 2.45) is 0 Å². The smallest absolute Gasteiger partial charge is 0.127 e. The molecule has 5 heteroatoms. The summed E-state index contributed by atoms with van der Waals surface area (Å²) in [5.74, 6) is 0.804. The lowest BCUT2D eigenvalue weighted by Crippen LogP contribution is -2.31. The zero-order valence-corrected chi connectivity index (χ0v) is 13.1. The maximum Gasteiger partial charge on any atom is 0.127 e. The second-order valence-electron chi connectivity index (χ2n) is 4.92. The van der Waals surface area contributed by atoms with E-state index >= 15 is 0 Å². The summed E-state index contributed by atoms with van der Waals surface area (Å²) in [7, 11) is 0. The van der Waals surface area contributed by atoms with Crippen molar-refractivity contribution in [3.05, 3.63) is 54.6 Å². The van der Waals surface area contributed by atoms with Crippen LogP contribution in [0.25, 0.3) is 11.1 Å². The van der Waals surface area contributed by atoms with E-state index in [9.17, 15) is 0 Å². The molecule has 124 valence electrons. The molecule has 0 saturated carbocycles. The molecule has 2 aromatic carbocycles. The minimum atomic E-state index is -0.0162. The Kier molecular flexibility index (Phi) is 7.56. The van der Waals surface area contributed by atoms with E-state index in [0.717, 1.165) is 16.9 Å². The minimum absolute atomic E-state index is 0.0162. The molecule has 5 nitrogen and oxygen atoms in total. The number of rotatable bonds is 10. The lowest BCUT2D eigenvalue weighted by Gasteiger charge is -2.20. The van der Waals surface area contributed by atoms with Crippen LogP contribution in [0.2, 0.25) is 0 Å². The number of hydrogen-bond acceptors (Lipinski definition) is 5. The van der Waals surface area contributed by atoms with Crippen molar-refractivity contribution in [2.45, 2.75) is 0 Å². The highest BCUT2D eigenvalue weighted by Gasteiger charge is 2.07. The highest BCUT2D eigenvalue weighted by Crippen LogP contribution is 2.29. The summed E-state index contributed by atoms with van der Waals surface area (Å²) >= 11 is 0. The minimum Gasteiger partial charge on any atom is -0.490 e. The predicted molar refractivity (Wildman–Crippen MR) is 89.1 cm³/mol. The summed E-state index contributed by atoms with van der Waals surface area (Å²) in [5.41, 5.74) is 2.14. The molecule has 2 N–H and O–H groups in total. The van der Waals surface area contributed by atoms with Crippen molar-refractivity contribution in [1.29, 1.82) is 0 Å². The zero-order valence-electron chi connectivity index (χ0n) is 13.1. The Labute approximate surface area is 136 Å². The molecule has 0 aliphatic rings. The second kappa shape index (κ2) is 9.97. The van der Waals surface area contributed by atoms with Gasteiger partial charge in [0, 0.05) is 18.7 Å². The average Bonchev–Trinajstić information content (AvgIpc) is 2.60. The van der Waals surface area contributed by atoms with E-state index in [1.807, 2.05) is 54.6 Å². The van der Waals surface area contributed by atoms with Crippen molar-refractivity contribution < 1.29 is 19.8 Å². The van der Waals surface area contributed by atoms with Crippen LogP contribution in [0.5, 0.6) is 5.75 Å². The quantitative estimate of drug-likeness (QED) is 0.518. The van der Waals surface area contributed by atoms with Gasteiger partial charge in [-0.2, -0.15) is 5.06 Å². The van der Waals surface area contributed by atoms with Crippen LogP contribution < -0.4 is 4.74 Å². The summed E-state index contributed by atoms with van der Waals surface area (Å²) in [6.45, 7) is 1.43. The van der Waals surface area contributed by atoms with Crippen LogP contribution in [0.1, 0.15) is 0 Å². The Hall–Kier alpha value is -1.92. The molecule has 0 spiro atoms. The normalized spacial score (nSPS) is 10.9. The first-order valence-electron chi connectivity index (χ1n) is 7.72. The van der Waals surface area contributed by atoms with Gasteiger partial charge in [0.1, 0.15) is 19.0 Å². The molecular formula is C18H23NO4. The fourth-order valence-corrected chi connectivity index (χ4v) is 2.23. The molecule has 0 aliphatic carbocycles. The van der Waals surface area contributed by atoms with Gasteiger partial charge >= 0.3 is 0 Å². The Morgan fingerprint density at radius 2 is 1.43 bits per heavy atom. The second-order valence-corrected chi connectivity index (χ2v) is 4.92.